The molecule has 0 bridgehead atoms. The van der Waals surface area contributed by atoms with Gasteiger partial charge in [0.2, 0.25) is 0 Å². The van der Waals surface area contributed by atoms with E-state index in [0.29, 0.717) is 6.54 Å². The van der Waals surface area contributed by atoms with Gasteiger partial charge in [-0.25, -0.2) is 0 Å². The van der Waals surface area contributed by atoms with Crippen LogP contribution in [-0.2, 0) is 24.2 Å². The van der Waals surface area contributed by atoms with Crippen LogP contribution in [0.15, 0.2) is 42.6 Å². The lowest BCUT2D eigenvalue weighted by atomic mass is 9.95. The molecule has 1 aliphatic rings. The number of carbonyl (C=O) groups is 1. The Labute approximate surface area is 130 Å². The summed E-state index contributed by atoms with van der Waals surface area (Å²) in [5.41, 5.74) is 3.37. The van der Waals surface area contributed by atoms with Crippen LogP contribution in [0.25, 0.3) is 0 Å². The smallest absolute Gasteiger partial charge is 0.258 e. The molecule has 0 saturated heterocycles. The summed E-state index contributed by atoms with van der Waals surface area (Å²) >= 11 is 0. The third-order valence-corrected chi connectivity index (χ3v) is 3.88. The second-order valence-electron chi connectivity index (χ2n) is 5.49. The average Bonchev–Trinajstić information content (AvgIpc) is 2.59. The third-order valence-electron chi connectivity index (χ3n) is 3.88. The molecular formula is C18H20N2O2. The topological polar surface area (TPSA) is 51.2 Å². The maximum atomic E-state index is 11.9. The highest BCUT2D eigenvalue weighted by molar-refractivity contribution is 5.77. The van der Waals surface area contributed by atoms with Crippen LogP contribution in [-0.4, -0.2) is 17.5 Å². The summed E-state index contributed by atoms with van der Waals surface area (Å²) in [6.07, 6.45) is 6.11. The van der Waals surface area contributed by atoms with Gasteiger partial charge in [0.1, 0.15) is 5.75 Å². The van der Waals surface area contributed by atoms with Crippen molar-refractivity contribution in [2.75, 3.05) is 6.61 Å². The van der Waals surface area contributed by atoms with Crippen molar-refractivity contribution in [3.8, 4) is 5.75 Å². The van der Waals surface area contributed by atoms with Crippen molar-refractivity contribution in [3.05, 3.63) is 59.4 Å². The van der Waals surface area contributed by atoms with Gasteiger partial charge in [0, 0.05) is 24.0 Å². The minimum absolute atomic E-state index is 0.0449. The normalized spacial score (nSPS) is 13.3. The number of nitrogens with zero attached hydrogens (tertiary/aromatic N) is 1. The van der Waals surface area contributed by atoms with Gasteiger partial charge in [0.15, 0.2) is 6.61 Å². The van der Waals surface area contributed by atoms with E-state index in [0.717, 1.165) is 36.3 Å². The lowest BCUT2D eigenvalue weighted by Crippen LogP contribution is -2.28. The largest absolute Gasteiger partial charge is 0.483 e. The van der Waals surface area contributed by atoms with Crippen molar-refractivity contribution < 1.29 is 9.53 Å². The number of rotatable bonds is 5. The monoisotopic (exact) mass is 296 g/mol. The second-order valence-corrected chi connectivity index (χ2v) is 5.49. The predicted molar refractivity (Wildman–Crippen MR) is 84.7 cm³/mol. The van der Waals surface area contributed by atoms with Gasteiger partial charge in [-0.15, -0.1) is 0 Å². The number of carbonyl (C=O) groups excluding carboxylic acids is 1. The quantitative estimate of drug-likeness (QED) is 0.923. The summed E-state index contributed by atoms with van der Waals surface area (Å²) in [4.78, 5) is 16.3. The van der Waals surface area contributed by atoms with Gasteiger partial charge < -0.3 is 10.1 Å². The van der Waals surface area contributed by atoms with Crippen LogP contribution in [0.2, 0.25) is 0 Å². The van der Waals surface area contributed by atoms with E-state index in [-0.39, 0.29) is 12.5 Å². The zero-order valence-electron chi connectivity index (χ0n) is 12.5. The number of aryl methyl sites for hydroxylation is 1. The molecule has 0 unspecified atom stereocenters. The molecule has 0 spiro atoms. The Kier molecular flexibility index (Phi) is 4.68. The molecule has 0 saturated carbocycles. The van der Waals surface area contributed by atoms with Gasteiger partial charge in [0.25, 0.3) is 5.91 Å². The van der Waals surface area contributed by atoms with Crippen LogP contribution in [0.3, 0.4) is 0 Å². The standard InChI is InChI=1S/C18H20N2O2/c21-18(20-12-14-6-2-1-3-7-14)13-22-17-10-11-19-16-9-5-4-8-15(16)17/h1-3,6-7,10-11H,4-5,8-9,12-13H2,(H,20,21). The van der Waals surface area contributed by atoms with Crippen LogP contribution in [0.5, 0.6) is 5.75 Å². The van der Waals surface area contributed by atoms with E-state index in [1.54, 1.807) is 6.20 Å². The number of pyridine rings is 1. The first-order valence-electron chi connectivity index (χ1n) is 7.73. The Bertz CT molecular complexity index is 641. The predicted octanol–water partition coefficient (Wildman–Crippen LogP) is 2.66. The van der Waals surface area contributed by atoms with E-state index < -0.39 is 0 Å². The first-order chi connectivity index (χ1) is 10.8. The van der Waals surface area contributed by atoms with E-state index in [9.17, 15) is 4.79 Å². The molecular weight excluding hydrogens is 276 g/mol. The fraction of sp³-hybridized carbons (Fsp3) is 0.333. The summed E-state index contributed by atoms with van der Waals surface area (Å²) in [6.45, 7) is 0.570. The second kappa shape index (κ2) is 7.07. The van der Waals surface area contributed by atoms with E-state index in [2.05, 4.69) is 10.3 Å². The number of hydrogen-bond donors (Lipinski definition) is 1. The molecule has 3 rings (SSSR count). The summed E-state index contributed by atoms with van der Waals surface area (Å²) < 4.78 is 5.70. The van der Waals surface area contributed by atoms with Crippen LogP contribution >= 0.6 is 0 Å². The minimum Gasteiger partial charge on any atom is -0.483 e. The fourth-order valence-corrected chi connectivity index (χ4v) is 2.72. The molecule has 114 valence electrons. The SMILES string of the molecule is O=C(COc1ccnc2c1CCCC2)NCc1ccccc1. The maximum Gasteiger partial charge on any atom is 0.258 e. The molecule has 0 aliphatic heterocycles. The van der Waals surface area contributed by atoms with Gasteiger partial charge in [-0.1, -0.05) is 30.3 Å². The molecule has 0 radical (unpaired) electrons. The molecule has 1 heterocycles. The van der Waals surface area contributed by atoms with Crippen LogP contribution < -0.4 is 10.1 Å². The summed E-state index contributed by atoms with van der Waals surface area (Å²) in [5.74, 6) is 0.699. The first-order valence-corrected chi connectivity index (χ1v) is 7.73. The molecule has 4 heteroatoms. The molecule has 0 fully saturated rings. The van der Waals surface area contributed by atoms with Crippen molar-refractivity contribution in [3.63, 3.8) is 0 Å². The molecule has 1 amide bonds. The zero-order valence-corrected chi connectivity index (χ0v) is 12.5. The number of ether oxygens (including phenoxy) is 1. The highest BCUT2D eigenvalue weighted by Crippen LogP contribution is 2.27. The van der Waals surface area contributed by atoms with E-state index in [4.69, 9.17) is 4.74 Å². The van der Waals surface area contributed by atoms with Crippen molar-refractivity contribution in [2.24, 2.45) is 0 Å². The van der Waals surface area contributed by atoms with Crippen molar-refractivity contribution in [2.45, 2.75) is 32.2 Å². The molecule has 4 nitrogen and oxygen atoms in total. The summed E-state index contributed by atoms with van der Waals surface area (Å²) in [5, 5.41) is 2.87. The van der Waals surface area contributed by atoms with Crippen molar-refractivity contribution in [1.82, 2.24) is 10.3 Å². The molecule has 2 aromatic rings. The van der Waals surface area contributed by atoms with Gasteiger partial charge in [-0.2, -0.15) is 0 Å². The average molecular weight is 296 g/mol. The Morgan fingerprint density at radius 1 is 1.14 bits per heavy atom. The minimum atomic E-state index is -0.106. The number of amides is 1. The molecule has 1 aromatic carbocycles. The third kappa shape index (κ3) is 3.64. The molecule has 0 atom stereocenters. The van der Waals surface area contributed by atoms with E-state index >= 15 is 0 Å². The van der Waals surface area contributed by atoms with Gasteiger partial charge in [0.05, 0.1) is 0 Å². The van der Waals surface area contributed by atoms with Crippen LogP contribution in [0, 0.1) is 0 Å². The van der Waals surface area contributed by atoms with Crippen LogP contribution in [0.4, 0.5) is 0 Å². The highest BCUT2D eigenvalue weighted by atomic mass is 16.5. The summed E-state index contributed by atoms with van der Waals surface area (Å²) in [7, 11) is 0. The summed E-state index contributed by atoms with van der Waals surface area (Å²) in [6, 6.07) is 11.7. The lowest BCUT2D eigenvalue weighted by Gasteiger charge is -2.18. The number of benzene rings is 1. The van der Waals surface area contributed by atoms with Crippen molar-refractivity contribution >= 4 is 5.91 Å². The fourth-order valence-electron chi connectivity index (χ4n) is 2.72. The molecule has 1 aromatic heterocycles. The molecule has 1 N–H and O–H groups in total. The Hall–Kier alpha value is -2.36. The molecule has 22 heavy (non-hydrogen) atoms. The van der Waals surface area contributed by atoms with E-state index in [1.807, 2.05) is 36.4 Å². The number of hydrogen-bond acceptors (Lipinski definition) is 3. The Morgan fingerprint density at radius 2 is 1.95 bits per heavy atom. The van der Waals surface area contributed by atoms with Crippen LogP contribution in [0.1, 0.15) is 29.7 Å². The lowest BCUT2D eigenvalue weighted by molar-refractivity contribution is -0.123. The molecule has 1 aliphatic carbocycles. The van der Waals surface area contributed by atoms with Gasteiger partial charge in [-0.05, 0) is 37.3 Å². The number of fused-ring (bicyclic) bond motifs is 1. The van der Waals surface area contributed by atoms with E-state index in [1.165, 1.54) is 12.0 Å². The number of nitrogens with one attached hydrogen (secondary N) is 1. The maximum absolute atomic E-state index is 11.9. The highest BCUT2D eigenvalue weighted by Gasteiger charge is 2.15. The van der Waals surface area contributed by atoms with Gasteiger partial charge >= 0.3 is 0 Å². The number of aromatic nitrogens is 1. The van der Waals surface area contributed by atoms with Crippen molar-refractivity contribution in [1.29, 1.82) is 0 Å². The zero-order chi connectivity index (χ0) is 15.2. The Balaban J connectivity index is 1.53. The first kappa shape index (κ1) is 14.6. The Morgan fingerprint density at radius 3 is 2.82 bits per heavy atom. The van der Waals surface area contributed by atoms with Gasteiger partial charge in [-0.3, -0.25) is 9.78 Å².